The van der Waals surface area contributed by atoms with Crippen LogP contribution in [0.25, 0.3) is 0 Å². The van der Waals surface area contributed by atoms with Crippen molar-refractivity contribution in [2.45, 2.75) is 25.8 Å². The van der Waals surface area contributed by atoms with E-state index in [-0.39, 0.29) is 17.9 Å². The Kier molecular flexibility index (Phi) is 4.31. The van der Waals surface area contributed by atoms with Gasteiger partial charge in [0, 0.05) is 31.7 Å². The molecule has 2 rings (SSSR count). The van der Waals surface area contributed by atoms with Gasteiger partial charge in [-0.2, -0.15) is 0 Å². The molecule has 2 heterocycles. The number of rotatable bonds is 3. The average Bonchev–Trinajstić information content (AvgIpc) is 2.86. The van der Waals surface area contributed by atoms with Gasteiger partial charge in [0.05, 0.1) is 5.56 Å². The first kappa shape index (κ1) is 13.7. The minimum absolute atomic E-state index is 0.0117. The monoisotopic (exact) mass is 279 g/mol. The average molecular weight is 279 g/mol. The van der Waals surface area contributed by atoms with Crippen LogP contribution >= 0.6 is 12.2 Å². The minimum Gasteiger partial charge on any atom is -0.352 e. The van der Waals surface area contributed by atoms with E-state index in [1.165, 1.54) is 0 Å². The zero-order valence-electron chi connectivity index (χ0n) is 10.8. The van der Waals surface area contributed by atoms with Crippen molar-refractivity contribution in [1.82, 2.24) is 15.2 Å². The number of hydrogen-bond donors (Lipinski definition) is 2. The molecule has 102 valence electrons. The third-order valence-corrected chi connectivity index (χ3v) is 3.58. The third-order valence-electron chi connectivity index (χ3n) is 3.24. The number of likely N-dealkylation sites (tertiary alicyclic amines) is 1. The van der Waals surface area contributed by atoms with E-state index in [9.17, 15) is 9.59 Å². The first-order chi connectivity index (χ1) is 9.11. The van der Waals surface area contributed by atoms with E-state index in [1.807, 2.05) is 6.92 Å². The highest BCUT2D eigenvalue weighted by Crippen LogP contribution is 2.11. The Balaban J connectivity index is 1.96. The molecule has 1 aliphatic heterocycles. The molecule has 5 nitrogen and oxygen atoms in total. The quantitative estimate of drug-likeness (QED) is 0.824. The SMILES string of the molecule is CCC(=O)N1CC[C@@H](NC(=O)c2ccc[nH]c2=S)C1. The predicted octanol–water partition coefficient (Wildman–Crippen LogP) is 1.48. The Bertz CT molecular complexity index is 541. The highest BCUT2D eigenvalue weighted by atomic mass is 32.1. The van der Waals surface area contributed by atoms with E-state index in [0.717, 1.165) is 6.42 Å². The van der Waals surface area contributed by atoms with Crippen molar-refractivity contribution in [2.75, 3.05) is 13.1 Å². The van der Waals surface area contributed by atoms with Crippen LogP contribution in [-0.2, 0) is 4.79 Å². The van der Waals surface area contributed by atoms with E-state index in [1.54, 1.807) is 23.2 Å². The van der Waals surface area contributed by atoms with Crippen LogP contribution in [0.5, 0.6) is 0 Å². The Morgan fingerprint density at radius 2 is 2.37 bits per heavy atom. The summed E-state index contributed by atoms with van der Waals surface area (Å²) < 4.78 is 0.430. The van der Waals surface area contributed by atoms with Crippen LogP contribution in [0, 0.1) is 4.64 Å². The van der Waals surface area contributed by atoms with Crippen LogP contribution in [0.4, 0.5) is 0 Å². The van der Waals surface area contributed by atoms with E-state index < -0.39 is 0 Å². The number of H-pyrrole nitrogens is 1. The van der Waals surface area contributed by atoms with Gasteiger partial charge in [0.25, 0.3) is 5.91 Å². The first-order valence-corrected chi connectivity index (χ1v) is 6.79. The minimum atomic E-state index is -0.183. The zero-order valence-corrected chi connectivity index (χ0v) is 11.6. The number of nitrogens with zero attached hydrogens (tertiary/aromatic N) is 1. The lowest BCUT2D eigenvalue weighted by molar-refractivity contribution is -0.129. The molecule has 1 aliphatic rings. The van der Waals surface area contributed by atoms with Gasteiger partial charge in [-0.3, -0.25) is 9.59 Å². The molecule has 0 spiro atoms. The van der Waals surface area contributed by atoms with E-state index >= 15 is 0 Å². The van der Waals surface area contributed by atoms with Crippen molar-refractivity contribution in [3.63, 3.8) is 0 Å². The van der Waals surface area contributed by atoms with Gasteiger partial charge in [-0.15, -0.1) is 0 Å². The lowest BCUT2D eigenvalue weighted by atomic mass is 10.2. The Hall–Kier alpha value is -1.69. The van der Waals surface area contributed by atoms with Gasteiger partial charge in [-0.25, -0.2) is 0 Å². The number of pyridine rings is 1. The van der Waals surface area contributed by atoms with Gasteiger partial charge in [0.2, 0.25) is 5.91 Å². The fourth-order valence-electron chi connectivity index (χ4n) is 2.19. The molecular formula is C13H17N3O2S. The maximum absolute atomic E-state index is 12.1. The standard InChI is InChI=1S/C13H17N3O2S/c1-2-11(17)16-7-5-9(8-16)15-12(18)10-4-3-6-14-13(10)19/h3-4,6,9H,2,5,7-8H2,1H3,(H,14,19)(H,15,18)/t9-/m1/s1. The smallest absolute Gasteiger partial charge is 0.254 e. The lowest BCUT2D eigenvalue weighted by Crippen LogP contribution is -2.38. The molecule has 19 heavy (non-hydrogen) atoms. The Morgan fingerprint density at radius 1 is 1.58 bits per heavy atom. The maximum atomic E-state index is 12.1. The van der Waals surface area contributed by atoms with E-state index in [2.05, 4.69) is 10.3 Å². The number of aromatic amines is 1. The number of carbonyl (C=O) groups excluding carboxylic acids is 2. The van der Waals surface area contributed by atoms with Gasteiger partial charge in [0.1, 0.15) is 4.64 Å². The van der Waals surface area contributed by atoms with Crippen molar-refractivity contribution in [2.24, 2.45) is 0 Å². The van der Waals surface area contributed by atoms with Crippen LogP contribution in [0.1, 0.15) is 30.1 Å². The molecule has 6 heteroatoms. The van der Waals surface area contributed by atoms with Crippen LogP contribution < -0.4 is 5.32 Å². The fraction of sp³-hybridized carbons (Fsp3) is 0.462. The summed E-state index contributed by atoms with van der Waals surface area (Å²) in [6, 6.07) is 3.45. The Labute approximate surface area is 117 Å². The van der Waals surface area contributed by atoms with Crippen LogP contribution in [0.3, 0.4) is 0 Å². The molecule has 0 bridgehead atoms. The van der Waals surface area contributed by atoms with Gasteiger partial charge < -0.3 is 15.2 Å². The summed E-state index contributed by atoms with van der Waals surface area (Å²) in [6.45, 7) is 3.14. The Morgan fingerprint density at radius 3 is 3.05 bits per heavy atom. The molecule has 1 atom stereocenters. The van der Waals surface area contributed by atoms with Crippen molar-refractivity contribution < 1.29 is 9.59 Å². The van der Waals surface area contributed by atoms with Crippen molar-refractivity contribution in [3.8, 4) is 0 Å². The van der Waals surface area contributed by atoms with Crippen molar-refractivity contribution in [1.29, 1.82) is 0 Å². The fourth-order valence-corrected chi connectivity index (χ4v) is 2.42. The molecule has 1 saturated heterocycles. The molecule has 1 aromatic heterocycles. The number of hydrogen-bond acceptors (Lipinski definition) is 3. The second-order valence-corrected chi connectivity index (χ2v) is 4.97. The van der Waals surface area contributed by atoms with E-state index in [4.69, 9.17) is 12.2 Å². The molecule has 0 aliphatic carbocycles. The summed E-state index contributed by atoms with van der Waals surface area (Å²) in [4.78, 5) is 28.2. The molecule has 0 aromatic carbocycles. The van der Waals surface area contributed by atoms with Gasteiger partial charge in [-0.05, 0) is 18.6 Å². The number of nitrogens with one attached hydrogen (secondary N) is 2. The van der Waals surface area contributed by atoms with Crippen molar-refractivity contribution >= 4 is 24.0 Å². The lowest BCUT2D eigenvalue weighted by Gasteiger charge is -2.16. The molecular weight excluding hydrogens is 262 g/mol. The molecule has 1 aromatic rings. The first-order valence-electron chi connectivity index (χ1n) is 6.38. The van der Waals surface area contributed by atoms with Crippen LogP contribution in [0.15, 0.2) is 18.3 Å². The molecule has 1 fully saturated rings. The highest BCUT2D eigenvalue weighted by molar-refractivity contribution is 7.71. The van der Waals surface area contributed by atoms with Crippen molar-refractivity contribution in [3.05, 3.63) is 28.5 Å². The second kappa shape index (κ2) is 5.97. The number of carbonyl (C=O) groups is 2. The molecule has 0 unspecified atom stereocenters. The van der Waals surface area contributed by atoms with Gasteiger partial charge >= 0.3 is 0 Å². The molecule has 2 amide bonds. The summed E-state index contributed by atoms with van der Waals surface area (Å²) in [7, 11) is 0. The number of aromatic nitrogens is 1. The topological polar surface area (TPSA) is 65.2 Å². The van der Waals surface area contributed by atoms with Crippen LogP contribution in [-0.4, -0.2) is 40.8 Å². The highest BCUT2D eigenvalue weighted by Gasteiger charge is 2.26. The predicted molar refractivity (Wildman–Crippen MR) is 74.4 cm³/mol. The zero-order chi connectivity index (χ0) is 13.8. The second-order valence-electron chi connectivity index (χ2n) is 4.57. The summed E-state index contributed by atoms with van der Waals surface area (Å²) in [5.74, 6) is -0.0496. The summed E-state index contributed by atoms with van der Waals surface area (Å²) in [5, 5.41) is 2.93. The van der Waals surface area contributed by atoms with Gasteiger partial charge in [-0.1, -0.05) is 19.1 Å². The summed E-state index contributed by atoms with van der Waals surface area (Å²) >= 11 is 5.07. The van der Waals surface area contributed by atoms with Crippen LogP contribution in [0.2, 0.25) is 0 Å². The number of amides is 2. The normalized spacial score (nSPS) is 18.4. The third kappa shape index (κ3) is 3.20. The summed E-state index contributed by atoms with van der Waals surface area (Å²) in [6.07, 6.45) is 2.99. The molecule has 0 radical (unpaired) electrons. The van der Waals surface area contributed by atoms with E-state index in [0.29, 0.717) is 29.7 Å². The maximum Gasteiger partial charge on any atom is 0.254 e. The summed E-state index contributed by atoms with van der Waals surface area (Å²) in [5.41, 5.74) is 0.470. The molecule has 2 N–H and O–H groups in total. The molecule has 0 saturated carbocycles. The van der Waals surface area contributed by atoms with Gasteiger partial charge in [0.15, 0.2) is 0 Å². The largest absolute Gasteiger partial charge is 0.352 e.